The molecule has 0 aliphatic rings. The van der Waals surface area contributed by atoms with E-state index in [0.717, 1.165) is 22.5 Å². The Hall–Kier alpha value is -3.84. The van der Waals surface area contributed by atoms with Crippen molar-refractivity contribution in [3.8, 4) is 16.9 Å². The third kappa shape index (κ3) is 4.76. The van der Waals surface area contributed by atoms with E-state index in [0.29, 0.717) is 10.8 Å². The maximum Gasteiger partial charge on any atom is 0.191 e. The topological polar surface area (TPSA) is 54.2 Å². The van der Waals surface area contributed by atoms with Gasteiger partial charge in [-0.3, -0.25) is 5.43 Å². The smallest absolute Gasteiger partial charge is 0.191 e. The van der Waals surface area contributed by atoms with Gasteiger partial charge in [0.05, 0.1) is 11.9 Å². The largest absolute Gasteiger partial charge is 0.331 e. The Balaban J connectivity index is 1.57. The molecule has 7 heteroatoms. The summed E-state index contributed by atoms with van der Waals surface area (Å²) >= 11 is 5.28. The van der Waals surface area contributed by atoms with Gasteiger partial charge in [0.1, 0.15) is 11.5 Å². The molecule has 3 aromatic carbocycles. The average molecular weight is 415 g/mol. The van der Waals surface area contributed by atoms with Crippen molar-refractivity contribution in [2.75, 3.05) is 5.32 Å². The van der Waals surface area contributed by atoms with Crippen LogP contribution in [-0.2, 0) is 0 Å². The number of aromatic nitrogens is 2. The molecule has 0 saturated carbocycles. The third-order valence-corrected chi connectivity index (χ3v) is 4.48. The van der Waals surface area contributed by atoms with Crippen molar-refractivity contribution in [2.24, 2.45) is 5.10 Å². The van der Waals surface area contributed by atoms with Gasteiger partial charge >= 0.3 is 0 Å². The van der Waals surface area contributed by atoms with Crippen LogP contribution in [0.15, 0.2) is 96.2 Å². The van der Waals surface area contributed by atoms with Crippen molar-refractivity contribution in [3.05, 3.63) is 103 Å². The lowest BCUT2D eigenvalue weighted by molar-refractivity contribution is 0.628. The van der Waals surface area contributed by atoms with Crippen molar-refractivity contribution in [1.29, 1.82) is 0 Å². The van der Waals surface area contributed by atoms with Gasteiger partial charge in [-0.1, -0.05) is 36.4 Å². The Morgan fingerprint density at radius 3 is 2.30 bits per heavy atom. The minimum Gasteiger partial charge on any atom is -0.331 e. The molecule has 0 amide bonds. The molecule has 0 spiro atoms. The summed E-state index contributed by atoms with van der Waals surface area (Å²) in [4.78, 5) is 0. The Labute approximate surface area is 178 Å². The summed E-state index contributed by atoms with van der Waals surface area (Å²) in [5, 5.41) is 12.3. The molecule has 4 rings (SSSR count). The Kier molecular flexibility index (Phi) is 5.91. The van der Waals surface area contributed by atoms with Crippen molar-refractivity contribution < 1.29 is 4.39 Å². The summed E-state index contributed by atoms with van der Waals surface area (Å²) in [6, 6.07) is 25.5. The molecule has 1 heterocycles. The number of para-hydroxylation sites is 2. The lowest BCUT2D eigenvalue weighted by Gasteiger charge is -2.06. The second kappa shape index (κ2) is 9.11. The summed E-state index contributed by atoms with van der Waals surface area (Å²) in [5.41, 5.74) is 6.83. The summed E-state index contributed by atoms with van der Waals surface area (Å²) < 4.78 is 15.1. The van der Waals surface area contributed by atoms with E-state index in [-0.39, 0.29) is 5.82 Å². The zero-order valence-corrected chi connectivity index (χ0v) is 16.7. The molecule has 2 N–H and O–H groups in total. The molecule has 1 aromatic heterocycles. The van der Waals surface area contributed by atoms with Crippen molar-refractivity contribution in [1.82, 2.24) is 15.2 Å². The van der Waals surface area contributed by atoms with Gasteiger partial charge in [-0.15, -0.1) is 0 Å². The quantitative estimate of drug-likeness (QED) is 0.274. The minimum absolute atomic E-state index is 0.296. The number of rotatable bonds is 5. The van der Waals surface area contributed by atoms with E-state index in [4.69, 9.17) is 12.2 Å². The third-order valence-electron chi connectivity index (χ3n) is 4.28. The van der Waals surface area contributed by atoms with Crippen LogP contribution in [0.25, 0.3) is 16.9 Å². The number of hydrogen-bond donors (Lipinski definition) is 2. The minimum atomic E-state index is -0.296. The zero-order valence-electron chi connectivity index (χ0n) is 15.9. The van der Waals surface area contributed by atoms with Crippen LogP contribution in [0.4, 0.5) is 10.1 Å². The SMILES string of the molecule is Fc1ccc(-c2nn(-c3ccccc3)cc2/C=N/NC(=S)Nc2ccccc2)cc1. The first-order chi connectivity index (χ1) is 14.7. The number of nitrogens with zero attached hydrogens (tertiary/aromatic N) is 3. The molecule has 30 heavy (non-hydrogen) atoms. The fourth-order valence-corrected chi connectivity index (χ4v) is 3.04. The van der Waals surface area contributed by atoms with E-state index < -0.39 is 0 Å². The number of halogens is 1. The van der Waals surface area contributed by atoms with E-state index in [9.17, 15) is 4.39 Å². The molecule has 0 atom stereocenters. The van der Waals surface area contributed by atoms with E-state index in [1.165, 1.54) is 12.1 Å². The second-order valence-electron chi connectivity index (χ2n) is 6.41. The van der Waals surface area contributed by atoms with Gasteiger partial charge in [0.2, 0.25) is 0 Å². The molecular formula is C23H18FN5S. The highest BCUT2D eigenvalue weighted by Gasteiger charge is 2.11. The molecule has 4 aromatic rings. The number of benzene rings is 3. The normalized spacial score (nSPS) is 10.8. The van der Waals surface area contributed by atoms with Crippen molar-refractivity contribution in [2.45, 2.75) is 0 Å². The molecular weight excluding hydrogens is 397 g/mol. The number of anilines is 1. The molecule has 0 aliphatic heterocycles. The fourth-order valence-electron chi connectivity index (χ4n) is 2.87. The van der Waals surface area contributed by atoms with E-state index in [1.807, 2.05) is 66.9 Å². The van der Waals surface area contributed by atoms with E-state index in [2.05, 4.69) is 20.9 Å². The number of thiocarbonyl (C=S) groups is 1. The molecule has 0 saturated heterocycles. The Bertz CT molecular complexity index is 1160. The summed E-state index contributed by atoms with van der Waals surface area (Å²) in [6.07, 6.45) is 3.51. The Morgan fingerprint density at radius 1 is 0.933 bits per heavy atom. The number of hydrazone groups is 1. The van der Waals surface area contributed by atoms with E-state index >= 15 is 0 Å². The lowest BCUT2D eigenvalue weighted by Crippen LogP contribution is -2.23. The number of hydrogen-bond acceptors (Lipinski definition) is 3. The highest BCUT2D eigenvalue weighted by molar-refractivity contribution is 7.80. The van der Waals surface area contributed by atoms with Crippen LogP contribution in [0.1, 0.15) is 5.56 Å². The maximum atomic E-state index is 13.4. The predicted molar refractivity (Wildman–Crippen MR) is 122 cm³/mol. The summed E-state index contributed by atoms with van der Waals surface area (Å²) in [7, 11) is 0. The maximum absolute atomic E-state index is 13.4. The molecule has 5 nitrogen and oxygen atoms in total. The van der Waals surface area contributed by atoms with Crippen LogP contribution in [0.3, 0.4) is 0 Å². The van der Waals surface area contributed by atoms with Gasteiger partial charge in [-0.05, 0) is 60.7 Å². The first-order valence-electron chi connectivity index (χ1n) is 9.25. The van der Waals surface area contributed by atoms with Crippen LogP contribution in [0.5, 0.6) is 0 Å². The zero-order chi connectivity index (χ0) is 20.8. The summed E-state index contributed by atoms with van der Waals surface area (Å²) in [6.45, 7) is 0. The van der Waals surface area contributed by atoms with Crippen molar-refractivity contribution >= 4 is 29.2 Å². The number of nitrogens with one attached hydrogen (secondary N) is 2. The van der Waals surface area contributed by atoms with Crippen LogP contribution in [0.2, 0.25) is 0 Å². The monoisotopic (exact) mass is 415 g/mol. The molecule has 148 valence electrons. The first kappa shape index (κ1) is 19.5. The molecule has 0 aliphatic carbocycles. The van der Waals surface area contributed by atoms with Gasteiger partial charge in [0, 0.05) is 23.0 Å². The van der Waals surface area contributed by atoms with Crippen LogP contribution in [0, 0.1) is 5.82 Å². The standard InChI is InChI=1S/C23H18FN5S/c24-19-13-11-17(12-14-19)22-18(16-29(28-22)21-9-5-2-6-10-21)15-25-27-23(30)26-20-7-3-1-4-8-20/h1-16H,(H2,26,27,30)/b25-15+. The molecule has 0 unspecified atom stereocenters. The van der Waals surface area contributed by atoms with Crippen LogP contribution in [-0.4, -0.2) is 21.1 Å². The molecule has 0 bridgehead atoms. The molecule has 0 fully saturated rings. The van der Waals surface area contributed by atoms with Gasteiger partial charge in [-0.2, -0.15) is 10.2 Å². The predicted octanol–water partition coefficient (Wildman–Crippen LogP) is 5.00. The van der Waals surface area contributed by atoms with Gasteiger partial charge < -0.3 is 5.32 Å². The van der Waals surface area contributed by atoms with Crippen LogP contribution >= 0.6 is 12.2 Å². The van der Waals surface area contributed by atoms with E-state index in [1.54, 1.807) is 23.0 Å². The average Bonchev–Trinajstić information content (AvgIpc) is 3.20. The van der Waals surface area contributed by atoms with Gasteiger partial charge in [0.25, 0.3) is 0 Å². The Morgan fingerprint density at radius 2 is 1.60 bits per heavy atom. The van der Waals surface area contributed by atoms with Crippen molar-refractivity contribution in [3.63, 3.8) is 0 Å². The van der Waals surface area contributed by atoms with Crippen LogP contribution < -0.4 is 10.7 Å². The van der Waals surface area contributed by atoms with Gasteiger partial charge in [-0.25, -0.2) is 9.07 Å². The fraction of sp³-hybridized carbons (Fsp3) is 0. The first-order valence-corrected chi connectivity index (χ1v) is 9.66. The highest BCUT2D eigenvalue weighted by atomic mass is 32.1. The highest BCUT2D eigenvalue weighted by Crippen LogP contribution is 2.23. The van der Waals surface area contributed by atoms with Gasteiger partial charge in [0.15, 0.2) is 5.11 Å². The summed E-state index contributed by atoms with van der Waals surface area (Å²) in [5.74, 6) is -0.296. The second-order valence-corrected chi connectivity index (χ2v) is 6.82. The molecule has 0 radical (unpaired) electrons. The lowest BCUT2D eigenvalue weighted by atomic mass is 10.1.